The number of aromatic hydroxyl groups is 1. The quantitative estimate of drug-likeness (QED) is 0.536. The van der Waals surface area contributed by atoms with Crippen molar-refractivity contribution in [1.29, 1.82) is 0 Å². The zero-order valence-electron chi connectivity index (χ0n) is 16.8. The summed E-state index contributed by atoms with van der Waals surface area (Å²) < 4.78 is 1.06. The molecule has 152 valence electrons. The number of aromatic nitrogens is 2. The second-order valence-corrected chi connectivity index (χ2v) is 6.74. The molecule has 0 fully saturated rings. The molecule has 9 nitrogen and oxygen atoms in total. The monoisotopic (exact) mass is 389 g/mol. The summed E-state index contributed by atoms with van der Waals surface area (Å²) >= 11 is 0. The van der Waals surface area contributed by atoms with Crippen molar-refractivity contribution in [2.75, 3.05) is 24.7 Å². The van der Waals surface area contributed by atoms with Crippen molar-refractivity contribution in [2.24, 2.45) is 7.05 Å². The Labute approximate surface area is 163 Å². The average Bonchev–Trinajstić information content (AvgIpc) is 2.66. The van der Waals surface area contributed by atoms with Gasteiger partial charge >= 0.3 is 0 Å². The number of carbonyl (C=O) groups excluding carboxylic acids is 1. The maximum absolute atomic E-state index is 12.7. The molecule has 1 amide bonds. The Bertz CT molecular complexity index is 973. The molecule has 1 heterocycles. The maximum Gasteiger partial charge on any atom is 0.290 e. The van der Waals surface area contributed by atoms with Gasteiger partial charge in [0.05, 0.1) is 11.3 Å². The van der Waals surface area contributed by atoms with Crippen LogP contribution in [-0.4, -0.2) is 45.8 Å². The zero-order valence-corrected chi connectivity index (χ0v) is 16.8. The highest BCUT2D eigenvalue weighted by atomic mass is 16.3. The van der Waals surface area contributed by atoms with Gasteiger partial charge in [0.15, 0.2) is 5.75 Å². The van der Waals surface area contributed by atoms with Crippen molar-refractivity contribution < 1.29 is 9.90 Å². The predicted octanol–water partition coefficient (Wildman–Crippen LogP) is 1.83. The fourth-order valence-corrected chi connectivity index (χ4v) is 2.79. The molecule has 2 rings (SSSR count). The standard InChI is InChI=1S/C19H27N5O4/c1-6-11(7-2)20-14-15(19(28)24(5)22-17(14)26)21-13-10-8-9-12(16(13)25)18(27)23(3)4/h8-11,20-21,25H,6-7H2,1-5H3,(H,22,26). The molecule has 1 aromatic carbocycles. The van der Waals surface area contributed by atoms with Gasteiger partial charge in [-0.2, -0.15) is 0 Å². The van der Waals surface area contributed by atoms with Crippen LogP contribution in [0.25, 0.3) is 0 Å². The van der Waals surface area contributed by atoms with Gasteiger partial charge in [0.1, 0.15) is 11.4 Å². The fourth-order valence-electron chi connectivity index (χ4n) is 2.79. The number of rotatable bonds is 7. The lowest BCUT2D eigenvalue weighted by molar-refractivity contribution is 0.0824. The highest BCUT2D eigenvalue weighted by Gasteiger charge is 2.20. The number of H-pyrrole nitrogens is 1. The first-order valence-corrected chi connectivity index (χ1v) is 9.11. The molecular formula is C19H27N5O4. The zero-order chi connectivity index (χ0) is 21.0. The Morgan fingerprint density at radius 2 is 1.86 bits per heavy atom. The van der Waals surface area contributed by atoms with E-state index in [9.17, 15) is 19.5 Å². The van der Waals surface area contributed by atoms with E-state index in [1.807, 2.05) is 13.8 Å². The van der Waals surface area contributed by atoms with Crippen molar-refractivity contribution in [1.82, 2.24) is 14.7 Å². The number of benzene rings is 1. The minimum Gasteiger partial charge on any atom is -0.505 e. The number of carbonyl (C=O) groups is 1. The highest BCUT2D eigenvalue weighted by molar-refractivity contribution is 5.98. The molecule has 0 atom stereocenters. The van der Waals surface area contributed by atoms with Gasteiger partial charge in [-0.15, -0.1) is 0 Å². The third kappa shape index (κ3) is 4.19. The minimum atomic E-state index is -0.475. The van der Waals surface area contributed by atoms with Crippen molar-refractivity contribution in [3.63, 3.8) is 0 Å². The molecular weight excluding hydrogens is 362 g/mol. The molecule has 0 aliphatic carbocycles. The molecule has 1 aromatic heterocycles. The molecule has 4 N–H and O–H groups in total. The summed E-state index contributed by atoms with van der Waals surface area (Å²) in [4.78, 5) is 38.7. The summed E-state index contributed by atoms with van der Waals surface area (Å²) in [7, 11) is 4.58. The van der Waals surface area contributed by atoms with E-state index >= 15 is 0 Å². The van der Waals surface area contributed by atoms with Crippen LogP contribution in [-0.2, 0) is 7.05 Å². The van der Waals surface area contributed by atoms with Crippen LogP contribution in [0.1, 0.15) is 37.0 Å². The lowest BCUT2D eigenvalue weighted by Gasteiger charge is -2.20. The number of hydrogen-bond acceptors (Lipinski definition) is 6. The van der Waals surface area contributed by atoms with E-state index < -0.39 is 11.1 Å². The van der Waals surface area contributed by atoms with E-state index in [4.69, 9.17) is 0 Å². The number of phenolic OH excluding ortho intramolecular Hbond substituents is 1. The number of hydrogen-bond donors (Lipinski definition) is 4. The van der Waals surface area contributed by atoms with Crippen LogP contribution in [0.5, 0.6) is 5.75 Å². The summed E-state index contributed by atoms with van der Waals surface area (Å²) in [6.45, 7) is 3.96. The van der Waals surface area contributed by atoms with Crippen molar-refractivity contribution >= 4 is 23.0 Å². The Morgan fingerprint density at radius 3 is 2.43 bits per heavy atom. The summed E-state index contributed by atoms with van der Waals surface area (Å²) in [5, 5.41) is 19.0. The van der Waals surface area contributed by atoms with Crippen molar-refractivity contribution in [2.45, 2.75) is 32.7 Å². The normalized spacial score (nSPS) is 10.8. The molecule has 2 aromatic rings. The third-order valence-corrected chi connectivity index (χ3v) is 4.53. The first-order chi connectivity index (χ1) is 13.2. The average molecular weight is 389 g/mol. The number of nitrogens with zero attached hydrogens (tertiary/aromatic N) is 2. The third-order valence-electron chi connectivity index (χ3n) is 4.53. The van der Waals surface area contributed by atoms with Crippen molar-refractivity contribution in [3.8, 4) is 5.75 Å². The van der Waals surface area contributed by atoms with Gasteiger partial charge in [-0.25, -0.2) is 0 Å². The number of anilines is 3. The van der Waals surface area contributed by atoms with Crippen LogP contribution in [0.15, 0.2) is 27.8 Å². The largest absolute Gasteiger partial charge is 0.505 e. The van der Waals surface area contributed by atoms with Crippen LogP contribution in [0.4, 0.5) is 17.1 Å². The van der Waals surface area contributed by atoms with E-state index in [2.05, 4.69) is 15.7 Å². The van der Waals surface area contributed by atoms with Gasteiger partial charge in [-0.1, -0.05) is 19.9 Å². The van der Waals surface area contributed by atoms with E-state index in [1.165, 1.54) is 24.1 Å². The fraction of sp³-hybridized carbons (Fsp3) is 0.421. The Morgan fingerprint density at radius 1 is 1.21 bits per heavy atom. The number of phenols is 1. The SMILES string of the molecule is CCC(CC)Nc1c(Nc2cccc(C(=O)N(C)C)c2O)c(=O)n(C)[nH]c1=O. The van der Waals surface area contributed by atoms with Gasteiger partial charge in [0.25, 0.3) is 17.0 Å². The predicted molar refractivity (Wildman–Crippen MR) is 110 cm³/mol. The molecule has 0 saturated heterocycles. The number of aromatic amines is 1. The van der Waals surface area contributed by atoms with E-state index in [0.717, 1.165) is 17.5 Å². The Hall–Kier alpha value is -3.23. The molecule has 0 aliphatic rings. The Kier molecular flexibility index (Phi) is 6.50. The highest BCUT2D eigenvalue weighted by Crippen LogP contribution is 2.31. The number of nitrogens with one attached hydrogen (secondary N) is 3. The summed E-state index contributed by atoms with van der Waals surface area (Å²) in [6.07, 6.45) is 1.53. The molecule has 0 aliphatic heterocycles. The first-order valence-electron chi connectivity index (χ1n) is 9.11. The lowest BCUT2D eigenvalue weighted by Crippen LogP contribution is -2.34. The van der Waals surface area contributed by atoms with Crippen LogP contribution in [0.2, 0.25) is 0 Å². The van der Waals surface area contributed by atoms with Crippen LogP contribution < -0.4 is 21.8 Å². The molecule has 0 unspecified atom stereocenters. The second-order valence-electron chi connectivity index (χ2n) is 6.74. The molecule has 0 radical (unpaired) electrons. The van der Waals surface area contributed by atoms with Gasteiger partial charge in [0, 0.05) is 27.2 Å². The number of aryl methyl sites for hydroxylation is 1. The molecule has 0 saturated carbocycles. The van der Waals surface area contributed by atoms with Crippen molar-refractivity contribution in [3.05, 3.63) is 44.5 Å². The maximum atomic E-state index is 12.7. The Balaban J connectivity index is 2.58. The van der Waals surface area contributed by atoms with Crippen LogP contribution >= 0.6 is 0 Å². The summed E-state index contributed by atoms with van der Waals surface area (Å²) in [6, 6.07) is 4.61. The lowest BCUT2D eigenvalue weighted by atomic mass is 10.1. The molecule has 28 heavy (non-hydrogen) atoms. The van der Waals surface area contributed by atoms with E-state index in [-0.39, 0.29) is 40.3 Å². The number of para-hydroxylation sites is 1. The topological polar surface area (TPSA) is 119 Å². The number of amides is 1. The van der Waals surface area contributed by atoms with E-state index in [0.29, 0.717) is 0 Å². The molecule has 0 spiro atoms. The minimum absolute atomic E-state index is 0.00269. The van der Waals surface area contributed by atoms with Crippen LogP contribution in [0.3, 0.4) is 0 Å². The van der Waals surface area contributed by atoms with E-state index in [1.54, 1.807) is 20.2 Å². The summed E-state index contributed by atoms with van der Waals surface area (Å²) in [5.74, 6) is -0.674. The van der Waals surface area contributed by atoms with Gasteiger partial charge in [-0.3, -0.25) is 24.2 Å². The first kappa shape index (κ1) is 21.1. The molecule has 9 heteroatoms. The smallest absolute Gasteiger partial charge is 0.290 e. The second kappa shape index (κ2) is 8.64. The summed E-state index contributed by atoms with van der Waals surface area (Å²) in [5.41, 5.74) is -0.592. The van der Waals surface area contributed by atoms with Crippen LogP contribution in [0, 0.1) is 0 Å². The van der Waals surface area contributed by atoms with Gasteiger partial charge in [0.2, 0.25) is 0 Å². The van der Waals surface area contributed by atoms with Gasteiger partial charge in [-0.05, 0) is 25.0 Å². The van der Waals surface area contributed by atoms with Gasteiger partial charge < -0.3 is 20.6 Å². The molecule has 0 bridgehead atoms.